The molecule has 0 saturated carbocycles. The second-order valence-corrected chi connectivity index (χ2v) is 8.92. The van der Waals surface area contributed by atoms with Gasteiger partial charge in [0.15, 0.2) is 11.6 Å². The van der Waals surface area contributed by atoms with Crippen LogP contribution in [0.1, 0.15) is 37.4 Å². The molecule has 0 aliphatic heterocycles. The van der Waals surface area contributed by atoms with E-state index in [1.165, 1.54) is 0 Å². The summed E-state index contributed by atoms with van der Waals surface area (Å²) in [6.45, 7) is 2.04. The summed E-state index contributed by atoms with van der Waals surface area (Å²) in [6.07, 6.45) is 0. The molecule has 4 nitrogen and oxygen atoms in total. The zero-order chi connectivity index (χ0) is 24.8. The lowest BCUT2D eigenvalue weighted by atomic mass is 9.83. The van der Waals surface area contributed by atoms with Crippen molar-refractivity contribution in [3.8, 4) is 34.0 Å². The van der Waals surface area contributed by atoms with Gasteiger partial charge in [0.05, 0.1) is 29.6 Å². The summed E-state index contributed by atoms with van der Waals surface area (Å²) in [5.74, 6) is 0.436. The van der Waals surface area contributed by atoms with Gasteiger partial charge in [0, 0.05) is 16.8 Å². The van der Waals surface area contributed by atoms with Crippen molar-refractivity contribution in [2.24, 2.45) is 0 Å². The summed E-state index contributed by atoms with van der Waals surface area (Å²) < 4.78 is 7.44. The van der Waals surface area contributed by atoms with E-state index in [1.807, 2.05) is 85.8 Å². The maximum absolute atomic E-state index is 14.1. The van der Waals surface area contributed by atoms with Gasteiger partial charge in [0.1, 0.15) is 5.75 Å². The Morgan fingerprint density at radius 3 is 1.61 bits per heavy atom. The van der Waals surface area contributed by atoms with Crippen molar-refractivity contribution in [2.75, 3.05) is 7.11 Å². The number of hydrogen-bond acceptors (Lipinski definition) is 3. The molecule has 1 aliphatic carbocycles. The van der Waals surface area contributed by atoms with Crippen LogP contribution >= 0.6 is 0 Å². The van der Waals surface area contributed by atoms with E-state index in [2.05, 4.69) is 4.57 Å². The Balaban J connectivity index is 1.78. The number of ketones is 2. The first-order valence-corrected chi connectivity index (χ1v) is 11.8. The van der Waals surface area contributed by atoms with Gasteiger partial charge in [0.25, 0.3) is 0 Å². The van der Waals surface area contributed by atoms with E-state index < -0.39 is 0 Å². The molecule has 0 atom stereocenters. The number of rotatable bonds is 4. The van der Waals surface area contributed by atoms with Crippen molar-refractivity contribution in [1.29, 1.82) is 0 Å². The quantitative estimate of drug-likeness (QED) is 0.282. The molecule has 0 unspecified atom stereocenters. The summed E-state index contributed by atoms with van der Waals surface area (Å²) in [5, 5.41) is 0. The minimum Gasteiger partial charge on any atom is -0.497 e. The average molecular weight is 470 g/mol. The van der Waals surface area contributed by atoms with Crippen LogP contribution in [0.3, 0.4) is 0 Å². The minimum atomic E-state index is -0.144. The molecule has 5 aromatic rings. The first-order chi connectivity index (χ1) is 17.6. The molecule has 0 N–H and O–H groups in total. The third-order valence-electron chi connectivity index (χ3n) is 6.74. The lowest BCUT2D eigenvalue weighted by Crippen LogP contribution is -2.20. The lowest BCUT2D eigenvalue weighted by molar-refractivity contribution is 0.0981. The number of aryl methyl sites for hydroxylation is 1. The Bertz CT molecular complexity index is 1630. The zero-order valence-corrected chi connectivity index (χ0v) is 20.0. The highest BCUT2D eigenvalue weighted by Gasteiger charge is 2.39. The smallest absolute Gasteiger partial charge is 0.196 e. The van der Waals surface area contributed by atoms with Crippen LogP contribution in [0.4, 0.5) is 0 Å². The van der Waals surface area contributed by atoms with Gasteiger partial charge >= 0.3 is 0 Å². The van der Waals surface area contributed by atoms with Crippen molar-refractivity contribution >= 4 is 11.6 Å². The first-order valence-electron chi connectivity index (χ1n) is 11.8. The fraction of sp³-hybridized carbons (Fsp3) is 0.0625. The average Bonchev–Trinajstić information content (AvgIpc) is 3.29. The highest BCUT2D eigenvalue weighted by Crippen LogP contribution is 2.44. The fourth-order valence-corrected chi connectivity index (χ4v) is 5.01. The number of benzene rings is 4. The predicted molar refractivity (Wildman–Crippen MR) is 141 cm³/mol. The van der Waals surface area contributed by atoms with Crippen LogP contribution in [0.5, 0.6) is 5.75 Å². The molecule has 0 saturated heterocycles. The molecule has 36 heavy (non-hydrogen) atoms. The number of aromatic nitrogens is 1. The molecule has 1 aromatic heterocycles. The highest BCUT2D eigenvalue weighted by molar-refractivity contribution is 6.32. The minimum absolute atomic E-state index is 0.139. The van der Waals surface area contributed by atoms with E-state index in [4.69, 9.17) is 4.74 Å². The Morgan fingerprint density at radius 1 is 0.583 bits per heavy atom. The molecular weight excluding hydrogens is 446 g/mol. The molecule has 0 bridgehead atoms. The van der Waals surface area contributed by atoms with Crippen molar-refractivity contribution in [1.82, 2.24) is 4.57 Å². The van der Waals surface area contributed by atoms with E-state index in [1.54, 1.807) is 31.4 Å². The van der Waals surface area contributed by atoms with Crippen molar-refractivity contribution in [3.63, 3.8) is 0 Å². The molecule has 1 heterocycles. The largest absolute Gasteiger partial charge is 0.497 e. The van der Waals surface area contributed by atoms with Crippen LogP contribution < -0.4 is 4.74 Å². The predicted octanol–water partition coefficient (Wildman–Crippen LogP) is 6.90. The lowest BCUT2D eigenvalue weighted by Gasteiger charge is -2.16. The fourth-order valence-electron chi connectivity index (χ4n) is 5.01. The van der Waals surface area contributed by atoms with Crippen LogP contribution in [0.25, 0.3) is 28.2 Å². The van der Waals surface area contributed by atoms with Gasteiger partial charge in [0.2, 0.25) is 0 Å². The highest BCUT2D eigenvalue weighted by atomic mass is 16.5. The van der Waals surface area contributed by atoms with Gasteiger partial charge in [-0.25, -0.2) is 0 Å². The number of nitrogens with zero attached hydrogens (tertiary/aromatic N) is 1. The summed E-state index contributed by atoms with van der Waals surface area (Å²) in [6, 6.07) is 32.7. The van der Waals surface area contributed by atoms with Crippen LogP contribution in [0, 0.1) is 6.92 Å². The Morgan fingerprint density at radius 2 is 1.08 bits per heavy atom. The van der Waals surface area contributed by atoms with Crippen LogP contribution in [-0.2, 0) is 0 Å². The van der Waals surface area contributed by atoms with Crippen LogP contribution in [0.2, 0.25) is 0 Å². The van der Waals surface area contributed by atoms with Crippen molar-refractivity contribution < 1.29 is 14.3 Å². The second-order valence-electron chi connectivity index (χ2n) is 8.92. The SMILES string of the molecule is COc1ccc(-c2c3c(c(-c4ccccc4)n2-c2ccc(C)cc2)C(=O)c2ccccc2C3=O)cc1. The molecule has 4 aromatic carbocycles. The van der Waals surface area contributed by atoms with Gasteiger partial charge in [-0.2, -0.15) is 0 Å². The van der Waals surface area contributed by atoms with Gasteiger partial charge in [-0.05, 0) is 54.4 Å². The third kappa shape index (κ3) is 3.30. The number of carbonyl (C=O) groups is 2. The van der Waals surface area contributed by atoms with E-state index in [0.717, 1.165) is 28.1 Å². The van der Waals surface area contributed by atoms with Crippen LogP contribution in [0.15, 0.2) is 103 Å². The molecule has 1 aliphatic rings. The van der Waals surface area contributed by atoms with E-state index in [-0.39, 0.29) is 11.6 Å². The molecule has 4 heteroatoms. The zero-order valence-electron chi connectivity index (χ0n) is 20.0. The molecule has 6 rings (SSSR count). The van der Waals surface area contributed by atoms with E-state index in [9.17, 15) is 9.59 Å². The topological polar surface area (TPSA) is 48.3 Å². The molecule has 0 amide bonds. The monoisotopic (exact) mass is 469 g/mol. The summed E-state index contributed by atoms with van der Waals surface area (Å²) in [4.78, 5) is 28.1. The Labute approximate surface area is 209 Å². The Kier molecular flexibility index (Phi) is 5.15. The number of hydrogen-bond donors (Lipinski definition) is 0. The molecular formula is C32H23NO3. The Hall–Kier alpha value is -4.70. The second kappa shape index (κ2) is 8.51. The summed E-state index contributed by atoms with van der Waals surface area (Å²) in [7, 11) is 1.62. The molecule has 0 fully saturated rings. The number of methoxy groups -OCH3 is 1. The molecule has 0 spiro atoms. The van der Waals surface area contributed by atoms with E-state index >= 15 is 0 Å². The van der Waals surface area contributed by atoms with Gasteiger partial charge in [-0.3, -0.25) is 9.59 Å². The van der Waals surface area contributed by atoms with Crippen molar-refractivity contribution in [3.05, 3.63) is 131 Å². The summed E-state index contributed by atoms with van der Waals surface area (Å²) in [5.41, 5.74) is 6.87. The number of carbonyl (C=O) groups excluding carboxylic acids is 2. The molecule has 0 radical (unpaired) electrons. The summed E-state index contributed by atoms with van der Waals surface area (Å²) >= 11 is 0. The van der Waals surface area contributed by atoms with Crippen LogP contribution in [-0.4, -0.2) is 23.2 Å². The van der Waals surface area contributed by atoms with E-state index in [0.29, 0.717) is 33.6 Å². The van der Waals surface area contributed by atoms with Gasteiger partial charge in [-0.15, -0.1) is 0 Å². The third-order valence-corrected chi connectivity index (χ3v) is 6.74. The van der Waals surface area contributed by atoms with Gasteiger partial charge < -0.3 is 9.30 Å². The first kappa shape index (κ1) is 21.8. The maximum Gasteiger partial charge on any atom is 0.196 e. The number of ether oxygens (including phenoxy) is 1. The van der Waals surface area contributed by atoms with Gasteiger partial charge in [-0.1, -0.05) is 72.3 Å². The number of fused-ring (bicyclic) bond motifs is 2. The molecule has 174 valence electrons. The maximum atomic E-state index is 14.1. The van der Waals surface area contributed by atoms with Crippen molar-refractivity contribution in [2.45, 2.75) is 6.92 Å². The standard InChI is InChI=1S/C32H23NO3/c1-20-12-16-23(17-13-20)33-29(21-8-4-3-5-9-21)27-28(30(33)22-14-18-24(36-2)19-15-22)32(35)26-11-7-6-10-25(26)31(27)34/h3-19H,1-2H3. The normalized spacial score (nSPS) is 12.3.